The third kappa shape index (κ3) is 4.74. The van der Waals surface area contributed by atoms with E-state index in [2.05, 4.69) is 10.00 Å². The van der Waals surface area contributed by atoms with Crippen molar-refractivity contribution < 1.29 is 14.5 Å². The normalized spacial score (nSPS) is 14.4. The van der Waals surface area contributed by atoms with Gasteiger partial charge in [0.2, 0.25) is 0 Å². The molecule has 1 aliphatic rings. The number of hydrogen-bond acceptors (Lipinski definition) is 6. The molecule has 32 heavy (non-hydrogen) atoms. The molecule has 0 radical (unpaired) electrons. The Labute approximate surface area is 189 Å². The summed E-state index contributed by atoms with van der Waals surface area (Å²) >= 11 is 6.13. The molecule has 1 amide bonds. The molecule has 1 fully saturated rings. The lowest BCUT2D eigenvalue weighted by Gasteiger charge is -2.34. The van der Waals surface area contributed by atoms with E-state index in [4.69, 9.17) is 16.3 Å². The molecular weight excluding hydrogens is 434 g/mol. The number of methoxy groups -OCH3 is 1. The van der Waals surface area contributed by atoms with Gasteiger partial charge < -0.3 is 9.64 Å². The molecule has 0 spiro atoms. The molecule has 9 nitrogen and oxygen atoms in total. The summed E-state index contributed by atoms with van der Waals surface area (Å²) in [6.45, 7) is 3.27. The zero-order chi connectivity index (χ0) is 22.7. The van der Waals surface area contributed by atoms with Crippen molar-refractivity contribution in [3.05, 3.63) is 81.1 Å². The monoisotopic (exact) mass is 455 g/mol. The van der Waals surface area contributed by atoms with Crippen molar-refractivity contribution in [3.63, 3.8) is 0 Å². The van der Waals surface area contributed by atoms with Gasteiger partial charge in [-0.1, -0.05) is 17.7 Å². The van der Waals surface area contributed by atoms with Gasteiger partial charge in [-0.05, 0) is 30.3 Å². The zero-order valence-corrected chi connectivity index (χ0v) is 18.2. The maximum atomic E-state index is 12.9. The van der Waals surface area contributed by atoms with Gasteiger partial charge in [0.15, 0.2) is 5.69 Å². The summed E-state index contributed by atoms with van der Waals surface area (Å²) in [6.07, 6.45) is 1.63. The van der Waals surface area contributed by atoms with Gasteiger partial charge in [0.1, 0.15) is 5.75 Å². The number of carbonyl (C=O) groups is 1. The van der Waals surface area contributed by atoms with Crippen LogP contribution in [0.15, 0.2) is 54.7 Å². The molecular formula is C22H22ClN5O4. The first-order valence-electron chi connectivity index (χ1n) is 10.1. The summed E-state index contributed by atoms with van der Waals surface area (Å²) in [6, 6.07) is 13.3. The number of hydrogen-bond donors (Lipinski definition) is 0. The van der Waals surface area contributed by atoms with Crippen LogP contribution in [0.5, 0.6) is 5.75 Å². The highest BCUT2D eigenvalue weighted by Gasteiger charge is 2.24. The summed E-state index contributed by atoms with van der Waals surface area (Å²) in [5, 5.41) is 16.0. The molecule has 166 valence electrons. The number of non-ortho nitro benzene ring substituents is 1. The summed E-state index contributed by atoms with van der Waals surface area (Å²) in [7, 11) is 1.64. The van der Waals surface area contributed by atoms with Crippen molar-refractivity contribution in [1.29, 1.82) is 0 Å². The highest BCUT2D eigenvalue weighted by atomic mass is 35.5. The molecule has 0 N–H and O–H groups in total. The largest absolute Gasteiger partial charge is 0.496 e. The summed E-state index contributed by atoms with van der Waals surface area (Å²) in [4.78, 5) is 27.5. The fraction of sp³-hybridized carbons (Fsp3) is 0.273. The predicted octanol–water partition coefficient (Wildman–Crippen LogP) is 3.40. The third-order valence-corrected chi connectivity index (χ3v) is 5.64. The molecule has 2 aromatic carbocycles. The smallest absolute Gasteiger partial charge is 0.274 e. The van der Waals surface area contributed by atoms with E-state index < -0.39 is 4.92 Å². The Morgan fingerprint density at radius 1 is 1.16 bits per heavy atom. The SMILES string of the molecule is COc1ccc(Cl)cc1CN1CCN(C(=O)c2ccn(-c3cccc([N+](=O)[O-])c3)n2)CC1. The fourth-order valence-electron chi connectivity index (χ4n) is 3.71. The minimum absolute atomic E-state index is 0.0293. The molecule has 2 heterocycles. The number of ether oxygens (including phenoxy) is 1. The van der Waals surface area contributed by atoms with Gasteiger partial charge in [-0.3, -0.25) is 19.8 Å². The van der Waals surface area contributed by atoms with Crippen molar-refractivity contribution in [3.8, 4) is 11.4 Å². The molecule has 0 unspecified atom stereocenters. The first-order chi connectivity index (χ1) is 15.4. The molecule has 1 aromatic heterocycles. The van der Waals surface area contributed by atoms with E-state index in [0.717, 1.165) is 11.3 Å². The van der Waals surface area contributed by atoms with Gasteiger partial charge in [0.05, 0.1) is 17.7 Å². The van der Waals surface area contributed by atoms with Gasteiger partial charge in [-0.15, -0.1) is 0 Å². The first-order valence-corrected chi connectivity index (χ1v) is 10.5. The maximum Gasteiger partial charge on any atom is 0.274 e. The van der Waals surface area contributed by atoms with Crippen LogP contribution in [-0.4, -0.2) is 63.7 Å². The topological polar surface area (TPSA) is 93.7 Å². The third-order valence-electron chi connectivity index (χ3n) is 5.41. The van der Waals surface area contributed by atoms with Crippen LogP contribution < -0.4 is 4.74 Å². The number of rotatable bonds is 6. The molecule has 1 saturated heterocycles. The zero-order valence-electron chi connectivity index (χ0n) is 17.5. The lowest BCUT2D eigenvalue weighted by Crippen LogP contribution is -2.48. The number of nitrogens with zero attached hydrogens (tertiary/aromatic N) is 5. The highest BCUT2D eigenvalue weighted by molar-refractivity contribution is 6.30. The quantitative estimate of drug-likeness (QED) is 0.417. The second-order valence-corrected chi connectivity index (χ2v) is 7.88. The Morgan fingerprint density at radius 3 is 2.66 bits per heavy atom. The van der Waals surface area contributed by atoms with Crippen LogP contribution in [0.2, 0.25) is 5.02 Å². The van der Waals surface area contributed by atoms with Gasteiger partial charge in [0.25, 0.3) is 11.6 Å². The second kappa shape index (κ2) is 9.37. The lowest BCUT2D eigenvalue weighted by atomic mass is 10.1. The number of nitro groups is 1. The number of halogens is 1. The van der Waals surface area contributed by atoms with E-state index in [1.165, 1.54) is 16.8 Å². The Hall–Kier alpha value is -3.43. The number of carbonyl (C=O) groups excluding carboxylic acids is 1. The van der Waals surface area contributed by atoms with Crippen LogP contribution >= 0.6 is 11.6 Å². The molecule has 0 atom stereocenters. The lowest BCUT2D eigenvalue weighted by molar-refractivity contribution is -0.384. The summed E-state index contributed by atoms with van der Waals surface area (Å²) in [5.41, 5.74) is 1.81. The van der Waals surface area contributed by atoms with E-state index in [9.17, 15) is 14.9 Å². The Kier molecular flexibility index (Phi) is 6.38. The number of amides is 1. The van der Waals surface area contributed by atoms with E-state index in [1.54, 1.807) is 42.5 Å². The predicted molar refractivity (Wildman–Crippen MR) is 119 cm³/mol. The van der Waals surface area contributed by atoms with Crippen LogP contribution in [0.4, 0.5) is 5.69 Å². The molecule has 0 bridgehead atoms. The molecule has 0 saturated carbocycles. The molecule has 3 aromatic rings. The minimum Gasteiger partial charge on any atom is -0.496 e. The van der Waals surface area contributed by atoms with Crippen molar-refractivity contribution in [2.75, 3.05) is 33.3 Å². The van der Waals surface area contributed by atoms with Crippen molar-refractivity contribution in [2.45, 2.75) is 6.54 Å². The van der Waals surface area contributed by atoms with Crippen LogP contribution in [-0.2, 0) is 6.54 Å². The molecule has 4 rings (SSSR count). The summed E-state index contributed by atoms with van der Waals surface area (Å²) in [5.74, 6) is 0.633. The maximum absolute atomic E-state index is 12.9. The van der Waals surface area contributed by atoms with Gasteiger partial charge in [-0.25, -0.2) is 4.68 Å². The van der Waals surface area contributed by atoms with Crippen LogP contribution in [0.1, 0.15) is 16.1 Å². The van der Waals surface area contributed by atoms with Gasteiger partial charge >= 0.3 is 0 Å². The number of aromatic nitrogens is 2. The highest BCUT2D eigenvalue weighted by Crippen LogP contribution is 2.24. The van der Waals surface area contributed by atoms with Crippen molar-refractivity contribution in [1.82, 2.24) is 19.6 Å². The average molecular weight is 456 g/mol. The molecule has 10 heteroatoms. The van der Waals surface area contributed by atoms with E-state index >= 15 is 0 Å². The van der Waals surface area contributed by atoms with E-state index in [1.807, 2.05) is 12.1 Å². The van der Waals surface area contributed by atoms with Crippen LogP contribution in [0.25, 0.3) is 5.69 Å². The number of benzene rings is 2. The first kappa shape index (κ1) is 21.8. The molecule has 0 aliphatic carbocycles. The average Bonchev–Trinajstić information content (AvgIpc) is 3.30. The Bertz CT molecular complexity index is 1140. The van der Waals surface area contributed by atoms with Crippen molar-refractivity contribution in [2.24, 2.45) is 0 Å². The standard InChI is InChI=1S/C22H22ClN5O4/c1-32-21-6-5-17(23)13-16(21)15-25-9-11-26(12-10-25)22(29)20-7-8-27(24-20)18-3-2-4-19(14-18)28(30)31/h2-8,13-14H,9-12,15H2,1H3. The Morgan fingerprint density at radius 2 is 1.94 bits per heavy atom. The Balaban J connectivity index is 1.39. The van der Waals surface area contributed by atoms with E-state index in [-0.39, 0.29) is 11.6 Å². The van der Waals surface area contributed by atoms with Crippen LogP contribution in [0.3, 0.4) is 0 Å². The minimum atomic E-state index is -0.461. The van der Waals surface area contributed by atoms with E-state index in [0.29, 0.717) is 49.1 Å². The summed E-state index contributed by atoms with van der Waals surface area (Å²) < 4.78 is 6.89. The fourth-order valence-corrected chi connectivity index (χ4v) is 3.91. The molecule has 1 aliphatic heterocycles. The number of nitro benzene ring substituents is 1. The van der Waals surface area contributed by atoms with Crippen molar-refractivity contribution >= 4 is 23.2 Å². The van der Waals surface area contributed by atoms with Gasteiger partial charge in [0, 0.05) is 61.6 Å². The van der Waals surface area contributed by atoms with Gasteiger partial charge in [-0.2, -0.15) is 5.10 Å². The number of piperazine rings is 1. The van der Waals surface area contributed by atoms with Crippen LogP contribution in [0, 0.1) is 10.1 Å². The second-order valence-electron chi connectivity index (χ2n) is 7.45.